The second kappa shape index (κ2) is 7.58. The average Bonchev–Trinajstić information content (AvgIpc) is 3.04. The topological polar surface area (TPSA) is 99.3 Å². The Bertz CT molecular complexity index is 1480. The summed E-state index contributed by atoms with van der Waals surface area (Å²) in [4.78, 5) is 48.4. The third-order valence-electron chi connectivity index (χ3n) is 7.06. The third-order valence-corrected chi connectivity index (χ3v) is 7.06. The number of hydrogen-bond acceptors (Lipinski definition) is 5. The molecule has 7 rings (SSSR count). The van der Waals surface area contributed by atoms with Crippen LogP contribution in [0.4, 0.5) is 21.9 Å². The number of amides is 4. The fourth-order valence-corrected chi connectivity index (χ4v) is 5.30. The summed E-state index contributed by atoms with van der Waals surface area (Å²) < 4.78 is -0.554. The van der Waals surface area contributed by atoms with Crippen LogP contribution in [0.3, 0.4) is 0 Å². The van der Waals surface area contributed by atoms with Crippen LogP contribution in [0.5, 0.6) is 0 Å². The number of aliphatic imine (C=N–C) groups is 1. The molecular formula is C27H25N6O3+. The zero-order chi connectivity index (χ0) is 25.4. The molecule has 9 nitrogen and oxygen atoms in total. The van der Waals surface area contributed by atoms with Gasteiger partial charge >= 0.3 is 17.8 Å². The van der Waals surface area contributed by atoms with Gasteiger partial charge in [0.15, 0.2) is 5.69 Å². The second-order valence-electron chi connectivity index (χ2n) is 9.35. The first kappa shape index (κ1) is 22.1. The van der Waals surface area contributed by atoms with E-state index < -0.39 is 34.6 Å². The Hall–Kier alpha value is -4.34. The largest absolute Gasteiger partial charge is 0.391 e. The molecule has 1 saturated heterocycles. The highest BCUT2D eigenvalue weighted by Gasteiger charge is 2.67. The van der Waals surface area contributed by atoms with Gasteiger partial charge in [-0.1, -0.05) is 59.7 Å². The lowest BCUT2D eigenvalue weighted by Crippen LogP contribution is -2.67. The summed E-state index contributed by atoms with van der Waals surface area (Å²) in [6.07, 6.45) is -1.24. The van der Waals surface area contributed by atoms with Crippen LogP contribution in [0.1, 0.15) is 23.6 Å². The maximum Gasteiger partial charge on any atom is 0.391 e. The molecule has 2 N–H and O–H groups in total. The number of nitrogens with zero attached hydrogens (tertiary/aromatic N) is 5. The first-order valence-corrected chi connectivity index (χ1v) is 11.7. The summed E-state index contributed by atoms with van der Waals surface area (Å²) in [5.74, 6) is -0.962. The Morgan fingerprint density at radius 2 is 1.64 bits per heavy atom. The molecule has 1 fully saturated rings. The van der Waals surface area contributed by atoms with E-state index >= 15 is 0 Å². The van der Waals surface area contributed by atoms with E-state index in [4.69, 9.17) is 10.7 Å². The molecule has 0 saturated carbocycles. The summed E-state index contributed by atoms with van der Waals surface area (Å²) >= 11 is 0. The lowest BCUT2D eigenvalue weighted by Gasteiger charge is -2.42. The Balaban J connectivity index is 1.77. The molecule has 0 radical (unpaired) electrons. The van der Waals surface area contributed by atoms with Crippen molar-refractivity contribution in [3.05, 3.63) is 89.5 Å². The molecule has 3 aromatic carbocycles. The van der Waals surface area contributed by atoms with Gasteiger partial charge in [-0.25, -0.2) is 14.6 Å². The van der Waals surface area contributed by atoms with E-state index in [1.807, 2.05) is 73.7 Å². The molecule has 4 amide bonds. The van der Waals surface area contributed by atoms with Crippen LogP contribution in [-0.4, -0.2) is 52.9 Å². The number of urea groups is 1. The number of nitrogens with two attached hydrogens (primary N) is 1. The third kappa shape index (κ3) is 2.72. The molecule has 0 spiro atoms. The van der Waals surface area contributed by atoms with Crippen molar-refractivity contribution in [3.63, 3.8) is 0 Å². The molecule has 180 valence electrons. The van der Waals surface area contributed by atoms with Gasteiger partial charge in [0.2, 0.25) is 0 Å². The van der Waals surface area contributed by atoms with E-state index in [0.717, 1.165) is 11.1 Å². The minimum absolute atomic E-state index is 0.409. The lowest BCUT2D eigenvalue weighted by atomic mass is 9.96. The average molecular weight is 482 g/mol. The van der Waals surface area contributed by atoms with Crippen LogP contribution in [0.2, 0.25) is 0 Å². The fourth-order valence-electron chi connectivity index (χ4n) is 5.30. The van der Waals surface area contributed by atoms with Crippen molar-refractivity contribution < 1.29 is 14.4 Å². The van der Waals surface area contributed by atoms with E-state index in [1.54, 1.807) is 24.9 Å². The molecule has 0 aliphatic carbocycles. The van der Waals surface area contributed by atoms with E-state index in [2.05, 4.69) is 0 Å². The van der Waals surface area contributed by atoms with Gasteiger partial charge < -0.3 is 5.73 Å². The number of hydrogen-bond donors (Lipinski definition) is 1. The number of likely N-dealkylation sites (N-methyl/N-ethyl adjacent to an activating group) is 1. The fraction of sp³-hybridized carbons (Fsp3) is 0.185. The molecule has 0 aromatic heterocycles. The van der Waals surface area contributed by atoms with Crippen LogP contribution in [0.15, 0.2) is 77.8 Å². The van der Waals surface area contributed by atoms with Gasteiger partial charge in [0, 0.05) is 11.6 Å². The number of rotatable bonds is 3. The maximum absolute atomic E-state index is 14.4. The molecule has 4 heterocycles. The molecule has 3 aromatic rings. The van der Waals surface area contributed by atoms with Crippen LogP contribution in [0.25, 0.3) is 0 Å². The molecule has 3 atom stereocenters. The standard InChI is InChI=1S/C27H25N6O3/c1-16-10-7-8-13-19(16)30-20-14-9-15-21-22(20)23(18-11-5-4-6-12-18)29-24-26(35)33(21,3)32(25(34)17(2)28)31(24)27(30)36/h4-15,17,24H,28H2,1-3H3/q+1/t17-,24?,33+/m0/s1. The normalized spacial score (nSPS) is 22.9. The predicted molar refractivity (Wildman–Crippen MR) is 136 cm³/mol. The van der Waals surface area contributed by atoms with Crippen LogP contribution >= 0.6 is 0 Å². The molecule has 36 heavy (non-hydrogen) atoms. The monoisotopic (exact) mass is 481 g/mol. The Labute approximate surface area is 208 Å². The minimum atomic E-state index is -1.24. The minimum Gasteiger partial charge on any atom is -0.320 e. The van der Waals surface area contributed by atoms with Crippen molar-refractivity contribution in [1.82, 2.24) is 14.7 Å². The summed E-state index contributed by atoms with van der Waals surface area (Å²) in [5.41, 5.74) is 10.7. The number of para-hydroxylation sites is 1. The van der Waals surface area contributed by atoms with Gasteiger partial charge in [0.1, 0.15) is 7.05 Å². The molecule has 6 bridgehead atoms. The number of quaternary nitrogens is 1. The van der Waals surface area contributed by atoms with Gasteiger partial charge in [0.05, 0.1) is 28.7 Å². The van der Waals surface area contributed by atoms with Gasteiger partial charge in [-0.05, 0) is 31.5 Å². The Morgan fingerprint density at radius 1 is 0.972 bits per heavy atom. The molecule has 9 heteroatoms. The smallest absolute Gasteiger partial charge is 0.320 e. The number of benzene rings is 3. The predicted octanol–water partition coefficient (Wildman–Crippen LogP) is 3.23. The van der Waals surface area contributed by atoms with E-state index in [-0.39, 0.29) is 0 Å². The zero-order valence-corrected chi connectivity index (χ0v) is 20.1. The molecular weight excluding hydrogens is 456 g/mol. The highest BCUT2D eigenvalue weighted by Crippen LogP contribution is 2.49. The van der Waals surface area contributed by atoms with Gasteiger partial charge in [-0.2, -0.15) is 0 Å². The highest BCUT2D eigenvalue weighted by molar-refractivity contribution is 6.25. The summed E-state index contributed by atoms with van der Waals surface area (Å²) in [6, 6.07) is 21.1. The summed E-state index contributed by atoms with van der Waals surface area (Å²) in [5, 5.41) is 2.35. The quantitative estimate of drug-likeness (QED) is 0.581. The number of carbonyl (C=O) groups excluding carboxylic acids is 3. The van der Waals surface area contributed by atoms with E-state index in [9.17, 15) is 14.4 Å². The van der Waals surface area contributed by atoms with Gasteiger partial charge in [0.25, 0.3) is 6.17 Å². The maximum atomic E-state index is 14.4. The SMILES string of the molecule is Cc1ccccc1N1C(=O)N2C3N=C(c4ccccc4)c4c1cccc4[N@+](C)(C3=O)N2C(=O)[C@H](C)N. The highest BCUT2D eigenvalue weighted by atomic mass is 16.3. The van der Waals surface area contributed by atoms with Crippen molar-refractivity contribution in [3.8, 4) is 0 Å². The van der Waals surface area contributed by atoms with Crippen molar-refractivity contribution in [2.45, 2.75) is 26.1 Å². The number of aryl methyl sites for hydroxylation is 1. The van der Waals surface area contributed by atoms with Crippen LogP contribution in [0, 0.1) is 6.92 Å². The zero-order valence-electron chi connectivity index (χ0n) is 20.1. The van der Waals surface area contributed by atoms with Gasteiger partial charge in [-0.15, -0.1) is 9.60 Å². The molecule has 4 aliphatic rings. The molecule has 4 aliphatic heterocycles. The number of anilines is 2. The van der Waals surface area contributed by atoms with E-state index in [0.29, 0.717) is 28.3 Å². The number of carbonyl (C=O) groups is 3. The van der Waals surface area contributed by atoms with E-state index in [1.165, 1.54) is 10.1 Å². The first-order valence-electron chi connectivity index (χ1n) is 11.7. The van der Waals surface area contributed by atoms with Crippen molar-refractivity contribution in [2.24, 2.45) is 10.7 Å². The second-order valence-corrected chi connectivity index (χ2v) is 9.35. The Kier molecular flexibility index (Phi) is 4.66. The summed E-state index contributed by atoms with van der Waals surface area (Å²) in [6.45, 7) is 3.46. The van der Waals surface area contributed by atoms with Crippen molar-refractivity contribution >= 4 is 40.6 Å². The lowest BCUT2D eigenvalue weighted by molar-refractivity contribution is -0.166. The summed E-state index contributed by atoms with van der Waals surface area (Å²) in [7, 11) is 1.62. The van der Waals surface area contributed by atoms with Crippen molar-refractivity contribution in [1.29, 1.82) is 0 Å². The van der Waals surface area contributed by atoms with Crippen molar-refractivity contribution in [2.75, 3.05) is 11.9 Å². The molecule has 1 unspecified atom stereocenters. The van der Waals surface area contributed by atoms with Crippen LogP contribution in [-0.2, 0) is 9.59 Å². The number of fused-ring (bicyclic) bond motifs is 1. The van der Waals surface area contributed by atoms with Gasteiger partial charge in [-0.3, -0.25) is 9.69 Å². The first-order chi connectivity index (χ1) is 17.3. The van der Waals surface area contributed by atoms with Crippen LogP contribution < -0.4 is 15.2 Å². The number of hydrazine groups is 1. The Morgan fingerprint density at radius 3 is 2.33 bits per heavy atom.